The normalized spacial score (nSPS) is 15.1. The number of rotatable bonds is 9. The fourth-order valence-electron chi connectivity index (χ4n) is 2.97. The van der Waals surface area contributed by atoms with Gasteiger partial charge in [-0.15, -0.1) is 24.0 Å². The van der Waals surface area contributed by atoms with Gasteiger partial charge in [0, 0.05) is 13.1 Å². The molecule has 0 radical (unpaired) electrons. The van der Waals surface area contributed by atoms with Crippen molar-refractivity contribution in [2.24, 2.45) is 4.99 Å². The van der Waals surface area contributed by atoms with Crippen molar-refractivity contribution in [2.45, 2.75) is 58.7 Å². The minimum atomic E-state index is -0.629. The summed E-state index contributed by atoms with van der Waals surface area (Å²) in [7, 11) is 0. The fourth-order valence-corrected chi connectivity index (χ4v) is 2.97. The van der Waals surface area contributed by atoms with Gasteiger partial charge in [0.15, 0.2) is 5.96 Å². The average Bonchev–Trinajstić information content (AvgIpc) is 3.13. The first-order chi connectivity index (χ1) is 12.6. The first-order valence-corrected chi connectivity index (χ1v) is 9.73. The van der Waals surface area contributed by atoms with E-state index in [0.717, 1.165) is 36.8 Å². The molecule has 0 heterocycles. The first-order valence-electron chi connectivity index (χ1n) is 9.73. The number of hydrogen-bond acceptors (Lipinski definition) is 3. The minimum Gasteiger partial charge on any atom is -0.491 e. The zero-order valence-electron chi connectivity index (χ0n) is 16.7. The van der Waals surface area contributed by atoms with E-state index in [-0.39, 0.29) is 30.1 Å². The van der Waals surface area contributed by atoms with Gasteiger partial charge in [-0.05, 0) is 64.2 Å². The number of allylic oxidation sites excluding steroid dienone is 1. The van der Waals surface area contributed by atoms with Crippen LogP contribution in [0.5, 0.6) is 5.75 Å². The molecule has 0 amide bonds. The van der Waals surface area contributed by atoms with Crippen LogP contribution in [0.25, 0.3) is 0 Å². The topological polar surface area (TPSA) is 65.9 Å². The minimum absolute atomic E-state index is 0. The van der Waals surface area contributed by atoms with E-state index in [0.29, 0.717) is 6.54 Å². The average molecular weight is 487 g/mol. The molecule has 1 aliphatic carbocycles. The van der Waals surface area contributed by atoms with Crippen LogP contribution < -0.4 is 15.4 Å². The number of aliphatic imine (C=N–C) groups is 1. The van der Waals surface area contributed by atoms with Gasteiger partial charge in [-0.1, -0.05) is 23.8 Å². The number of halogens is 1. The lowest BCUT2D eigenvalue weighted by molar-refractivity contribution is 0.186. The Hall–Kier alpha value is -1.28. The van der Waals surface area contributed by atoms with E-state index in [1.807, 2.05) is 45.0 Å². The van der Waals surface area contributed by atoms with Crippen molar-refractivity contribution < 1.29 is 9.84 Å². The maximum absolute atomic E-state index is 10.4. The molecular formula is C21H34IN3O2. The number of aliphatic hydroxyl groups is 1. The molecule has 6 heteroatoms. The molecule has 0 spiro atoms. The quantitative estimate of drug-likeness (QED) is 0.212. The molecule has 0 bridgehead atoms. The molecule has 0 fully saturated rings. The van der Waals surface area contributed by atoms with Gasteiger partial charge < -0.3 is 20.5 Å². The van der Waals surface area contributed by atoms with Crippen LogP contribution in [0.2, 0.25) is 0 Å². The van der Waals surface area contributed by atoms with Crippen LogP contribution in [0.15, 0.2) is 40.9 Å². The van der Waals surface area contributed by atoms with E-state index in [1.54, 1.807) is 0 Å². The Morgan fingerprint density at radius 1 is 1.22 bits per heavy atom. The summed E-state index contributed by atoms with van der Waals surface area (Å²) in [4.78, 5) is 4.52. The number of aliphatic hydroxyl groups excluding tert-OH is 1. The Balaban J connectivity index is 0.00000364. The zero-order valence-corrected chi connectivity index (χ0v) is 19.0. The molecule has 1 aromatic carbocycles. The predicted octanol–water partition coefficient (Wildman–Crippen LogP) is 4.18. The summed E-state index contributed by atoms with van der Waals surface area (Å²) in [6, 6.07) is 7.57. The second kappa shape index (κ2) is 13.0. The van der Waals surface area contributed by atoms with Crippen molar-refractivity contribution in [1.82, 2.24) is 10.6 Å². The number of ether oxygens (including phenoxy) is 1. The van der Waals surface area contributed by atoms with E-state index >= 15 is 0 Å². The molecule has 5 nitrogen and oxygen atoms in total. The van der Waals surface area contributed by atoms with E-state index in [2.05, 4.69) is 21.7 Å². The number of nitrogens with zero attached hydrogens (tertiary/aromatic N) is 1. The summed E-state index contributed by atoms with van der Waals surface area (Å²) in [6.07, 6.45) is 6.66. The fraction of sp³-hybridized carbons (Fsp3) is 0.571. The Kier molecular flexibility index (Phi) is 11.4. The van der Waals surface area contributed by atoms with Crippen LogP contribution in [-0.4, -0.2) is 36.8 Å². The molecule has 0 aromatic heterocycles. The summed E-state index contributed by atoms with van der Waals surface area (Å²) in [5, 5.41) is 17.0. The van der Waals surface area contributed by atoms with Gasteiger partial charge in [0.1, 0.15) is 5.75 Å². The van der Waals surface area contributed by atoms with Crippen LogP contribution in [0, 0.1) is 0 Å². The van der Waals surface area contributed by atoms with Gasteiger partial charge >= 0.3 is 0 Å². The molecule has 0 aliphatic heterocycles. The van der Waals surface area contributed by atoms with Crippen molar-refractivity contribution in [3.63, 3.8) is 0 Å². The Morgan fingerprint density at radius 2 is 1.96 bits per heavy atom. The summed E-state index contributed by atoms with van der Waals surface area (Å²) in [6.45, 7) is 8.02. The Bertz CT molecular complexity index is 600. The third-order valence-corrected chi connectivity index (χ3v) is 4.28. The Morgan fingerprint density at radius 3 is 2.56 bits per heavy atom. The molecule has 0 saturated carbocycles. The molecule has 2 rings (SSSR count). The van der Waals surface area contributed by atoms with Crippen LogP contribution >= 0.6 is 24.0 Å². The lowest BCUT2D eigenvalue weighted by Gasteiger charge is -2.14. The molecule has 1 atom stereocenters. The highest BCUT2D eigenvalue weighted by Gasteiger charge is 2.09. The van der Waals surface area contributed by atoms with Gasteiger partial charge in [0.2, 0.25) is 0 Å². The lowest BCUT2D eigenvalue weighted by atomic mass is 10.1. The largest absolute Gasteiger partial charge is 0.491 e. The highest BCUT2D eigenvalue weighted by molar-refractivity contribution is 14.0. The van der Waals surface area contributed by atoms with Crippen molar-refractivity contribution in [3.8, 4) is 5.75 Å². The second-order valence-electron chi connectivity index (χ2n) is 6.90. The zero-order chi connectivity index (χ0) is 18.8. The highest BCUT2D eigenvalue weighted by Crippen LogP contribution is 2.20. The molecule has 1 aromatic rings. The van der Waals surface area contributed by atoms with Crippen LogP contribution in [0.4, 0.5) is 0 Å². The standard InChI is InChI=1S/C21H33N3O2.HI/c1-4-22-21(23-14-13-17-7-5-6-8-17)24-15-20(25)18-9-11-19(12-10-18)26-16(2)3;/h7,9-12,16,20,25H,4-6,8,13-15H2,1-3H3,(H2,22,23,24);1H. The van der Waals surface area contributed by atoms with E-state index < -0.39 is 6.10 Å². The lowest BCUT2D eigenvalue weighted by Crippen LogP contribution is -2.38. The summed E-state index contributed by atoms with van der Waals surface area (Å²) >= 11 is 0. The Labute approximate surface area is 180 Å². The maximum atomic E-state index is 10.4. The SMILES string of the molecule is CCNC(=NCC(O)c1ccc(OC(C)C)cc1)NCCC1=CCCC1.I. The summed E-state index contributed by atoms with van der Waals surface area (Å²) < 4.78 is 5.63. The predicted molar refractivity (Wildman–Crippen MR) is 123 cm³/mol. The van der Waals surface area contributed by atoms with E-state index in [1.165, 1.54) is 24.8 Å². The third-order valence-electron chi connectivity index (χ3n) is 4.28. The molecule has 152 valence electrons. The molecular weight excluding hydrogens is 453 g/mol. The number of nitrogens with one attached hydrogen (secondary N) is 2. The van der Waals surface area contributed by atoms with E-state index in [9.17, 15) is 5.11 Å². The monoisotopic (exact) mass is 487 g/mol. The number of benzene rings is 1. The van der Waals surface area contributed by atoms with Crippen molar-refractivity contribution in [2.75, 3.05) is 19.6 Å². The molecule has 27 heavy (non-hydrogen) atoms. The summed E-state index contributed by atoms with van der Waals surface area (Å²) in [5.74, 6) is 1.57. The van der Waals surface area contributed by atoms with Crippen LogP contribution in [-0.2, 0) is 0 Å². The van der Waals surface area contributed by atoms with E-state index in [4.69, 9.17) is 4.74 Å². The first kappa shape index (κ1) is 23.8. The molecule has 1 aliphatic rings. The number of guanidine groups is 1. The number of hydrogen-bond donors (Lipinski definition) is 3. The third kappa shape index (κ3) is 8.97. The molecule has 0 saturated heterocycles. The van der Waals surface area contributed by atoms with Crippen LogP contribution in [0.1, 0.15) is 58.1 Å². The van der Waals surface area contributed by atoms with Crippen LogP contribution in [0.3, 0.4) is 0 Å². The van der Waals surface area contributed by atoms with Gasteiger partial charge in [-0.3, -0.25) is 4.99 Å². The molecule has 3 N–H and O–H groups in total. The smallest absolute Gasteiger partial charge is 0.191 e. The van der Waals surface area contributed by atoms with Crippen molar-refractivity contribution >= 4 is 29.9 Å². The van der Waals surface area contributed by atoms with Crippen molar-refractivity contribution in [3.05, 3.63) is 41.5 Å². The second-order valence-corrected chi connectivity index (χ2v) is 6.90. The van der Waals surface area contributed by atoms with Gasteiger partial charge in [0.05, 0.1) is 18.8 Å². The maximum Gasteiger partial charge on any atom is 0.191 e. The highest BCUT2D eigenvalue weighted by atomic mass is 127. The summed E-state index contributed by atoms with van der Waals surface area (Å²) in [5.41, 5.74) is 2.38. The van der Waals surface area contributed by atoms with Gasteiger partial charge in [-0.25, -0.2) is 0 Å². The molecule has 1 unspecified atom stereocenters. The van der Waals surface area contributed by atoms with Gasteiger partial charge in [-0.2, -0.15) is 0 Å². The van der Waals surface area contributed by atoms with Gasteiger partial charge in [0.25, 0.3) is 0 Å². The van der Waals surface area contributed by atoms with Crippen molar-refractivity contribution in [1.29, 1.82) is 0 Å².